The first-order valence-electron chi connectivity index (χ1n) is 5.51. The van der Waals surface area contributed by atoms with E-state index in [1.54, 1.807) is 0 Å². The summed E-state index contributed by atoms with van der Waals surface area (Å²) in [6.07, 6.45) is 0.452. The predicted octanol–water partition coefficient (Wildman–Crippen LogP) is 3.85. The molecule has 0 spiro atoms. The summed E-state index contributed by atoms with van der Waals surface area (Å²) in [4.78, 5) is 11.6. The molecule has 3 nitrogen and oxygen atoms in total. The van der Waals surface area contributed by atoms with Gasteiger partial charge in [-0.2, -0.15) is 0 Å². The van der Waals surface area contributed by atoms with E-state index < -0.39 is 5.60 Å². The van der Waals surface area contributed by atoms with Gasteiger partial charge in [0.05, 0.1) is 0 Å². The highest BCUT2D eigenvalue weighted by molar-refractivity contribution is 9.10. The van der Waals surface area contributed by atoms with Gasteiger partial charge in [0.25, 0.3) is 0 Å². The third kappa shape index (κ3) is 9.01. The van der Waals surface area contributed by atoms with Crippen LogP contribution in [-0.2, 0) is 4.74 Å². The van der Waals surface area contributed by atoms with Gasteiger partial charge in [-0.1, -0.05) is 15.9 Å². The highest BCUT2D eigenvalue weighted by Crippen LogP contribution is 2.27. The molecule has 0 aromatic heterocycles. The minimum atomic E-state index is -0.454. The van der Waals surface area contributed by atoms with Crippen LogP contribution in [0.25, 0.3) is 0 Å². The fourth-order valence-corrected chi connectivity index (χ4v) is 2.38. The summed E-state index contributed by atoms with van der Waals surface area (Å²) in [6.45, 7) is 13.7. The Labute approximate surface area is 107 Å². The fourth-order valence-electron chi connectivity index (χ4n) is 1.68. The molecule has 0 unspecified atom stereocenters. The number of hydrogen-bond donors (Lipinski definition) is 1. The summed E-state index contributed by atoms with van der Waals surface area (Å²) < 4.78 is 5.21. The minimum Gasteiger partial charge on any atom is -0.444 e. The summed E-state index contributed by atoms with van der Waals surface area (Å²) in [7, 11) is 0. The van der Waals surface area contributed by atoms with E-state index in [2.05, 4.69) is 35.1 Å². The number of halogens is 1. The molecule has 0 saturated carbocycles. The number of alkyl carbamates (subject to hydrolysis) is 1. The Morgan fingerprint density at radius 1 is 1.12 bits per heavy atom. The zero-order valence-electron chi connectivity index (χ0n) is 11.4. The maximum absolute atomic E-state index is 11.6. The van der Waals surface area contributed by atoms with Crippen LogP contribution < -0.4 is 5.32 Å². The van der Waals surface area contributed by atoms with Crippen LogP contribution in [0.5, 0.6) is 0 Å². The summed E-state index contributed by atoms with van der Waals surface area (Å²) >= 11 is 3.57. The molecule has 0 fully saturated rings. The smallest absolute Gasteiger partial charge is 0.408 e. The summed E-state index contributed by atoms with van der Waals surface area (Å²) in [5.41, 5.74) is -0.751. The third-order valence-corrected chi connectivity index (χ3v) is 1.98. The molecule has 0 aliphatic heterocycles. The molecular formula is C12H24BrNO2. The van der Waals surface area contributed by atoms with Crippen LogP contribution in [0.15, 0.2) is 0 Å². The number of rotatable bonds is 3. The number of carbonyl (C=O) groups excluding carboxylic acids is 1. The van der Waals surface area contributed by atoms with Crippen LogP contribution in [-0.4, -0.2) is 21.6 Å². The van der Waals surface area contributed by atoms with E-state index >= 15 is 0 Å². The molecule has 0 aromatic carbocycles. The predicted molar refractivity (Wildman–Crippen MR) is 71.1 cm³/mol. The number of ether oxygens (including phenoxy) is 1. The van der Waals surface area contributed by atoms with Crippen LogP contribution >= 0.6 is 15.9 Å². The van der Waals surface area contributed by atoms with Gasteiger partial charge in [0.2, 0.25) is 0 Å². The standard InChI is InChI=1S/C12H24BrNO2/c1-10(2,3)16-9(15)14-12(6,7)8-11(4,5)13/h8H2,1-7H3,(H,14,15). The topological polar surface area (TPSA) is 38.3 Å². The van der Waals surface area contributed by atoms with Crippen molar-refractivity contribution in [2.75, 3.05) is 0 Å². The molecule has 96 valence electrons. The quantitative estimate of drug-likeness (QED) is 0.803. The Morgan fingerprint density at radius 2 is 1.56 bits per heavy atom. The fraction of sp³-hybridized carbons (Fsp3) is 0.917. The highest BCUT2D eigenvalue weighted by atomic mass is 79.9. The van der Waals surface area contributed by atoms with E-state index in [1.807, 2.05) is 34.6 Å². The molecule has 16 heavy (non-hydrogen) atoms. The maximum atomic E-state index is 11.6. The van der Waals surface area contributed by atoms with Crippen molar-refractivity contribution in [2.45, 2.75) is 70.4 Å². The van der Waals surface area contributed by atoms with E-state index in [9.17, 15) is 4.79 Å². The average molecular weight is 294 g/mol. The number of hydrogen-bond acceptors (Lipinski definition) is 2. The van der Waals surface area contributed by atoms with Gasteiger partial charge in [0, 0.05) is 9.86 Å². The van der Waals surface area contributed by atoms with E-state index in [0.717, 1.165) is 6.42 Å². The van der Waals surface area contributed by atoms with Gasteiger partial charge < -0.3 is 10.1 Å². The van der Waals surface area contributed by atoms with Crippen LogP contribution in [0.2, 0.25) is 0 Å². The van der Waals surface area contributed by atoms with Crippen molar-refractivity contribution < 1.29 is 9.53 Å². The Morgan fingerprint density at radius 3 is 1.88 bits per heavy atom. The van der Waals surface area contributed by atoms with E-state index in [0.29, 0.717) is 0 Å². The molecule has 0 heterocycles. The van der Waals surface area contributed by atoms with Crippen LogP contribution in [0, 0.1) is 0 Å². The average Bonchev–Trinajstić information content (AvgIpc) is 1.70. The monoisotopic (exact) mass is 293 g/mol. The maximum Gasteiger partial charge on any atom is 0.408 e. The van der Waals surface area contributed by atoms with Gasteiger partial charge in [-0.25, -0.2) is 4.79 Å². The van der Waals surface area contributed by atoms with Gasteiger partial charge in [0.1, 0.15) is 5.60 Å². The molecule has 4 heteroatoms. The molecule has 0 saturated heterocycles. The van der Waals surface area contributed by atoms with Crippen molar-refractivity contribution in [3.8, 4) is 0 Å². The summed E-state index contributed by atoms with van der Waals surface area (Å²) in [6, 6.07) is 0. The van der Waals surface area contributed by atoms with Crippen LogP contribution in [0.4, 0.5) is 4.79 Å². The highest BCUT2D eigenvalue weighted by Gasteiger charge is 2.29. The largest absolute Gasteiger partial charge is 0.444 e. The van der Waals surface area contributed by atoms with Gasteiger partial charge in [-0.3, -0.25) is 0 Å². The van der Waals surface area contributed by atoms with Gasteiger partial charge in [-0.15, -0.1) is 0 Å². The van der Waals surface area contributed by atoms with Gasteiger partial charge in [-0.05, 0) is 54.9 Å². The Kier molecular flexibility index (Phi) is 4.87. The number of nitrogens with one attached hydrogen (secondary N) is 1. The lowest BCUT2D eigenvalue weighted by Crippen LogP contribution is -2.48. The van der Waals surface area contributed by atoms with E-state index in [-0.39, 0.29) is 16.0 Å². The van der Waals surface area contributed by atoms with E-state index in [1.165, 1.54) is 0 Å². The summed E-state index contributed by atoms with van der Waals surface area (Å²) in [5, 5.41) is 2.88. The Balaban J connectivity index is 4.32. The van der Waals surface area contributed by atoms with Crippen molar-refractivity contribution in [1.29, 1.82) is 0 Å². The zero-order valence-corrected chi connectivity index (χ0v) is 13.0. The second-order valence-corrected chi connectivity index (χ2v) is 8.55. The molecule has 0 aliphatic carbocycles. The molecule has 0 aromatic rings. The lowest BCUT2D eigenvalue weighted by atomic mass is 9.93. The first-order chi connectivity index (χ1) is 6.81. The minimum absolute atomic E-state index is 0.00842. The Hall–Kier alpha value is -0.250. The zero-order chi connectivity index (χ0) is 13.2. The van der Waals surface area contributed by atoms with Crippen molar-refractivity contribution in [3.05, 3.63) is 0 Å². The third-order valence-electron chi connectivity index (χ3n) is 1.70. The van der Waals surface area contributed by atoms with E-state index in [4.69, 9.17) is 4.74 Å². The first-order valence-corrected chi connectivity index (χ1v) is 6.30. The van der Waals surface area contributed by atoms with Gasteiger partial charge in [0.15, 0.2) is 0 Å². The first kappa shape index (κ1) is 15.8. The normalized spacial score (nSPS) is 13.5. The number of carbonyl (C=O) groups is 1. The van der Waals surface area contributed by atoms with Crippen molar-refractivity contribution in [3.63, 3.8) is 0 Å². The van der Waals surface area contributed by atoms with Crippen molar-refractivity contribution >= 4 is 22.0 Å². The molecule has 1 amide bonds. The molecular weight excluding hydrogens is 270 g/mol. The Bertz CT molecular complexity index is 249. The molecule has 0 aliphatic rings. The van der Waals surface area contributed by atoms with Gasteiger partial charge >= 0.3 is 6.09 Å². The lowest BCUT2D eigenvalue weighted by Gasteiger charge is -2.33. The van der Waals surface area contributed by atoms with Crippen LogP contribution in [0.3, 0.4) is 0 Å². The second kappa shape index (κ2) is 4.94. The molecule has 0 rings (SSSR count). The molecule has 1 N–H and O–H groups in total. The number of amides is 1. The van der Waals surface area contributed by atoms with Crippen molar-refractivity contribution in [1.82, 2.24) is 5.32 Å². The van der Waals surface area contributed by atoms with Crippen LogP contribution in [0.1, 0.15) is 54.9 Å². The number of alkyl halides is 1. The summed E-state index contributed by atoms with van der Waals surface area (Å²) in [5.74, 6) is 0. The van der Waals surface area contributed by atoms with Crippen molar-refractivity contribution in [2.24, 2.45) is 0 Å². The molecule has 0 bridgehead atoms. The molecule has 0 atom stereocenters. The second-order valence-electron chi connectivity index (χ2n) is 6.41. The SMILES string of the molecule is CC(C)(Br)CC(C)(C)NC(=O)OC(C)(C)C. The lowest BCUT2D eigenvalue weighted by molar-refractivity contribution is 0.0465. The molecule has 0 radical (unpaired) electrons.